The highest BCUT2D eigenvalue weighted by Crippen LogP contribution is 2.21. The van der Waals surface area contributed by atoms with Crippen molar-refractivity contribution in [1.82, 2.24) is 5.32 Å². The first kappa shape index (κ1) is 93.3. The molecule has 0 saturated heterocycles. The number of aliphatic hydroxyl groups excluding tert-OH is 2. The zero-order chi connectivity index (χ0) is 68.4. The molecule has 1 amide bonds. The summed E-state index contributed by atoms with van der Waals surface area (Å²) in [4.78, 5) is 24.7. The lowest BCUT2D eigenvalue weighted by molar-refractivity contribution is -0.143. The summed E-state index contributed by atoms with van der Waals surface area (Å²) in [5.41, 5.74) is 0. The molecule has 2 unspecified atom stereocenters. The molecule has 0 rings (SSSR count). The van der Waals surface area contributed by atoms with Crippen molar-refractivity contribution in [2.75, 3.05) is 13.2 Å². The van der Waals surface area contributed by atoms with E-state index >= 15 is 0 Å². The van der Waals surface area contributed by atoms with Gasteiger partial charge in [0.1, 0.15) is 0 Å². The molecular formula is C89H173NO5. The van der Waals surface area contributed by atoms with Gasteiger partial charge in [0.25, 0.3) is 0 Å². The van der Waals surface area contributed by atoms with E-state index in [0.29, 0.717) is 19.4 Å². The number of carbonyl (C=O) groups is 2. The van der Waals surface area contributed by atoms with Crippen molar-refractivity contribution < 1.29 is 24.5 Å². The molecule has 0 aliphatic carbocycles. The molecule has 564 valence electrons. The van der Waals surface area contributed by atoms with Crippen LogP contribution in [0.25, 0.3) is 0 Å². The fourth-order valence-electron chi connectivity index (χ4n) is 14.3. The smallest absolute Gasteiger partial charge is 0.305 e. The second kappa shape index (κ2) is 84.8. The largest absolute Gasteiger partial charge is 0.466 e. The number of amides is 1. The minimum atomic E-state index is -0.842. The first-order valence-corrected chi connectivity index (χ1v) is 44.1. The molecule has 0 aromatic rings. The first-order chi connectivity index (χ1) is 47.0. The number of nitrogens with one attached hydrogen (secondary N) is 1. The van der Waals surface area contributed by atoms with Gasteiger partial charge in [-0.2, -0.15) is 0 Å². The Morgan fingerprint density at radius 2 is 0.495 bits per heavy atom. The van der Waals surface area contributed by atoms with E-state index in [9.17, 15) is 19.8 Å². The lowest BCUT2D eigenvalue weighted by atomic mass is 10.0. The molecule has 0 aliphatic rings. The van der Waals surface area contributed by atoms with E-state index in [1.54, 1.807) is 6.08 Å². The molecule has 0 aromatic heterocycles. The van der Waals surface area contributed by atoms with E-state index in [0.717, 1.165) is 38.5 Å². The summed E-state index contributed by atoms with van der Waals surface area (Å²) in [5, 5.41) is 23.3. The fraction of sp³-hybridized carbons (Fsp3) is 0.933. The average Bonchev–Trinajstić information content (AvgIpc) is 2.97. The zero-order valence-electron chi connectivity index (χ0n) is 64.9. The van der Waals surface area contributed by atoms with E-state index in [4.69, 9.17) is 4.74 Å². The fourth-order valence-corrected chi connectivity index (χ4v) is 14.3. The maximum absolute atomic E-state index is 12.6. The van der Waals surface area contributed by atoms with Crippen LogP contribution in [0.15, 0.2) is 24.3 Å². The highest BCUT2D eigenvalue weighted by molar-refractivity contribution is 5.76. The molecule has 2 atom stereocenters. The number of esters is 1. The third-order valence-electron chi connectivity index (χ3n) is 21.0. The number of hydrogen-bond donors (Lipinski definition) is 3. The molecule has 0 bridgehead atoms. The Hall–Kier alpha value is -1.66. The predicted molar refractivity (Wildman–Crippen MR) is 421 cm³/mol. The zero-order valence-corrected chi connectivity index (χ0v) is 64.9. The lowest BCUT2D eigenvalue weighted by Gasteiger charge is -2.20. The Balaban J connectivity index is 3.32. The quantitative estimate of drug-likeness (QED) is 0.0320. The van der Waals surface area contributed by atoms with Gasteiger partial charge < -0.3 is 20.3 Å². The molecular weight excluding hydrogens is 1160 g/mol. The average molecular weight is 1340 g/mol. The molecule has 0 heterocycles. The Bertz CT molecular complexity index is 1500. The predicted octanol–water partition coefficient (Wildman–Crippen LogP) is 29.6. The number of aliphatic hydroxyl groups is 2. The van der Waals surface area contributed by atoms with Gasteiger partial charge in [-0.3, -0.25) is 9.59 Å². The van der Waals surface area contributed by atoms with E-state index in [1.165, 1.54) is 443 Å². The van der Waals surface area contributed by atoms with Crippen LogP contribution in [-0.2, 0) is 14.3 Å². The second-order valence-corrected chi connectivity index (χ2v) is 30.6. The van der Waals surface area contributed by atoms with Crippen molar-refractivity contribution >= 4 is 11.9 Å². The van der Waals surface area contributed by atoms with Crippen molar-refractivity contribution in [1.29, 1.82) is 0 Å². The van der Waals surface area contributed by atoms with Gasteiger partial charge in [0.05, 0.1) is 25.4 Å². The van der Waals surface area contributed by atoms with Crippen molar-refractivity contribution in [3.63, 3.8) is 0 Å². The number of rotatable bonds is 84. The van der Waals surface area contributed by atoms with Crippen molar-refractivity contribution in [3.8, 4) is 0 Å². The van der Waals surface area contributed by atoms with Gasteiger partial charge in [-0.1, -0.05) is 462 Å². The summed E-state index contributed by atoms with van der Waals surface area (Å²) in [7, 11) is 0. The number of hydrogen-bond acceptors (Lipinski definition) is 5. The summed E-state index contributed by atoms with van der Waals surface area (Å²) >= 11 is 0. The molecule has 6 heteroatoms. The van der Waals surface area contributed by atoms with Gasteiger partial charge >= 0.3 is 5.97 Å². The summed E-state index contributed by atoms with van der Waals surface area (Å²) in [6.45, 7) is 4.97. The van der Waals surface area contributed by atoms with E-state index in [-0.39, 0.29) is 18.5 Å². The Labute approximate surface area is 596 Å². The third-order valence-corrected chi connectivity index (χ3v) is 21.0. The van der Waals surface area contributed by atoms with Gasteiger partial charge in [0.15, 0.2) is 0 Å². The molecule has 0 spiro atoms. The molecule has 0 fully saturated rings. The third kappa shape index (κ3) is 81.2. The second-order valence-electron chi connectivity index (χ2n) is 30.6. The number of carbonyl (C=O) groups excluding carboxylic acids is 2. The maximum atomic E-state index is 12.6. The van der Waals surface area contributed by atoms with Crippen LogP contribution in [0, 0.1) is 0 Å². The summed E-state index contributed by atoms with van der Waals surface area (Å²) in [6, 6.07) is -0.625. The Morgan fingerprint density at radius 3 is 0.747 bits per heavy atom. The minimum Gasteiger partial charge on any atom is -0.466 e. The van der Waals surface area contributed by atoms with E-state index < -0.39 is 12.1 Å². The summed E-state index contributed by atoms with van der Waals surface area (Å²) in [5.74, 6) is -0.0334. The normalized spacial score (nSPS) is 12.5. The first-order valence-electron chi connectivity index (χ1n) is 44.1. The monoisotopic (exact) mass is 1340 g/mol. The number of allylic oxidation sites excluding steroid dienone is 3. The number of unbranched alkanes of at least 4 members (excludes halogenated alkanes) is 71. The van der Waals surface area contributed by atoms with Crippen LogP contribution < -0.4 is 5.32 Å². The SMILES string of the molecule is CCCCCCCC/C=C\CCCCCCCCCCCC(=O)OCCCCCCCCCCCCCCCCCCCCCCCCCCCCCCCCCCCCCC(=O)NC(CO)C(O)/C=C/CCCCCCCCCCCCCCCCCCCCCCCC. The van der Waals surface area contributed by atoms with Gasteiger partial charge in [0, 0.05) is 12.8 Å². The molecule has 0 saturated carbocycles. The van der Waals surface area contributed by atoms with Crippen molar-refractivity contribution in [2.45, 2.75) is 520 Å². The van der Waals surface area contributed by atoms with Crippen molar-refractivity contribution in [3.05, 3.63) is 24.3 Å². The van der Waals surface area contributed by atoms with Crippen LogP contribution in [0.5, 0.6) is 0 Å². The molecule has 0 aromatic carbocycles. The maximum Gasteiger partial charge on any atom is 0.305 e. The van der Waals surface area contributed by atoms with E-state index in [1.807, 2.05) is 6.08 Å². The minimum absolute atomic E-state index is 0.0233. The summed E-state index contributed by atoms with van der Waals surface area (Å²) in [6.07, 6.45) is 111. The van der Waals surface area contributed by atoms with Crippen molar-refractivity contribution in [2.24, 2.45) is 0 Å². The van der Waals surface area contributed by atoms with Crippen LogP contribution in [0.3, 0.4) is 0 Å². The lowest BCUT2D eigenvalue weighted by Crippen LogP contribution is -2.45. The van der Waals surface area contributed by atoms with Gasteiger partial charge in [0.2, 0.25) is 5.91 Å². The molecule has 0 radical (unpaired) electrons. The van der Waals surface area contributed by atoms with Gasteiger partial charge in [-0.25, -0.2) is 0 Å². The highest BCUT2D eigenvalue weighted by atomic mass is 16.5. The van der Waals surface area contributed by atoms with Gasteiger partial charge in [-0.15, -0.1) is 0 Å². The molecule has 0 aliphatic heterocycles. The van der Waals surface area contributed by atoms with E-state index in [2.05, 4.69) is 31.3 Å². The van der Waals surface area contributed by atoms with Crippen LogP contribution in [0.1, 0.15) is 508 Å². The molecule has 3 N–H and O–H groups in total. The molecule has 95 heavy (non-hydrogen) atoms. The Kier molecular flexibility index (Phi) is 83.3. The Morgan fingerprint density at radius 1 is 0.284 bits per heavy atom. The highest BCUT2D eigenvalue weighted by Gasteiger charge is 2.18. The van der Waals surface area contributed by atoms with Gasteiger partial charge in [-0.05, 0) is 57.8 Å². The van der Waals surface area contributed by atoms with Crippen LogP contribution in [0.4, 0.5) is 0 Å². The molecule has 6 nitrogen and oxygen atoms in total. The standard InChI is InChI=1S/C89H173NO5/c1-3-5-7-9-11-13-15-17-19-21-23-24-25-39-42-46-49-53-57-61-65-69-73-77-81-87(92)86(85-91)90-88(93)82-78-74-70-66-62-58-54-50-47-43-40-37-35-33-31-29-27-26-28-30-32-34-36-38-41-44-48-52-56-60-64-68-72-76-80-84-95-89(94)83-79-75-71-67-63-59-55-51-45-22-20-18-16-14-12-10-8-6-4-2/h18,20,77,81,86-87,91-92H,3-17,19,21-76,78-80,82-85H2,1-2H3,(H,90,93)/b20-18-,81-77+. The topological polar surface area (TPSA) is 95.9 Å². The van der Waals surface area contributed by atoms with Crippen LogP contribution >= 0.6 is 0 Å². The van der Waals surface area contributed by atoms with Crippen LogP contribution in [-0.4, -0.2) is 47.4 Å². The summed E-state index contributed by atoms with van der Waals surface area (Å²) < 4.78 is 5.52. The van der Waals surface area contributed by atoms with Crippen LogP contribution in [0.2, 0.25) is 0 Å². The number of ether oxygens (including phenoxy) is 1.